The minimum absolute atomic E-state index is 0.372. The van der Waals surface area contributed by atoms with Crippen LogP contribution in [0.25, 0.3) is 0 Å². The lowest BCUT2D eigenvalue weighted by Crippen LogP contribution is -2.11. The van der Waals surface area contributed by atoms with Crippen LogP contribution in [0.5, 0.6) is 5.75 Å². The Balaban J connectivity index is 2.84. The van der Waals surface area contributed by atoms with Gasteiger partial charge in [0.15, 0.2) is 0 Å². The summed E-state index contributed by atoms with van der Waals surface area (Å²) in [5.74, 6) is 0.458. The van der Waals surface area contributed by atoms with Crippen molar-refractivity contribution in [1.29, 1.82) is 0 Å². The second kappa shape index (κ2) is 4.59. The summed E-state index contributed by atoms with van der Waals surface area (Å²) in [6.45, 7) is 0.372. The van der Waals surface area contributed by atoms with Gasteiger partial charge in [-0.1, -0.05) is 12.1 Å². The predicted octanol–water partition coefficient (Wildman–Crippen LogP) is 0.826. The Morgan fingerprint density at radius 2 is 2.31 bits per heavy atom. The molecule has 0 aliphatic rings. The van der Waals surface area contributed by atoms with Gasteiger partial charge in [-0.15, -0.1) is 0 Å². The number of nitrogens with two attached hydrogens (primary N) is 1. The molecule has 0 bridgehead atoms. The first-order valence-corrected chi connectivity index (χ1v) is 3.76. The van der Waals surface area contributed by atoms with Crippen molar-refractivity contribution in [3.8, 4) is 5.75 Å². The van der Waals surface area contributed by atoms with Crippen LogP contribution in [0.1, 0.15) is 11.8 Å². The quantitative estimate of drug-likeness (QED) is 0.552. The largest absolute Gasteiger partial charge is 0.429 e. The number of ether oxygens (including phenoxy) is 2. The van der Waals surface area contributed by atoms with E-state index in [0.29, 0.717) is 12.2 Å². The number of methoxy groups -OCH3 is 1. The van der Waals surface area contributed by atoms with E-state index in [2.05, 4.69) is 4.74 Å². The van der Waals surface area contributed by atoms with Crippen molar-refractivity contribution in [3.63, 3.8) is 0 Å². The third-order valence-corrected chi connectivity index (χ3v) is 1.62. The van der Waals surface area contributed by atoms with Crippen LogP contribution in [-0.2, 0) is 9.53 Å². The van der Waals surface area contributed by atoms with Gasteiger partial charge < -0.3 is 15.2 Å². The van der Waals surface area contributed by atoms with Gasteiger partial charge in [0.2, 0.25) is 0 Å². The smallest absolute Gasteiger partial charge is 0.298 e. The zero-order chi connectivity index (χ0) is 9.68. The van der Waals surface area contributed by atoms with E-state index in [1.165, 1.54) is 7.11 Å². The van der Waals surface area contributed by atoms with Gasteiger partial charge in [-0.25, -0.2) is 0 Å². The number of carbonyl (C=O) groups excluding carboxylic acids is 1. The molecule has 1 unspecified atom stereocenters. The van der Waals surface area contributed by atoms with Crippen LogP contribution < -0.4 is 10.5 Å². The molecule has 1 aromatic rings. The predicted molar refractivity (Wildman–Crippen MR) is 47.1 cm³/mol. The van der Waals surface area contributed by atoms with Gasteiger partial charge in [-0.3, -0.25) is 4.79 Å². The maximum absolute atomic E-state index is 10.0. The Labute approximate surface area is 76.3 Å². The molecule has 0 saturated heterocycles. The highest BCUT2D eigenvalue weighted by Crippen LogP contribution is 2.17. The lowest BCUT2D eigenvalue weighted by Gasteiger charge is -2.09. The Morgan fingerprint density at radius 1 is 1.54 bits per heavy atom. The summed E-state index contributed by atoms with van der Waals surface area (Å²) in [6, 6.07) is 6.86. The summed E-state index contributed by atoms with van der Waals surface area (Å²) in [4.78, 5) is 10.0. The fourth-order valence-corrected chi connectivity index (χ4v) is 0.956. The number of benzene rings is 1. The molecule has 0 spiro atoms. The molecule has 0 aliphatic heterocycles. The fraction of sp³-hybridized carbons (Fsp3) is 0.222. The number of hydrogen-bond acceptors (Lipinski definition) is 4. The van der Waals surface area contributed by atoms with Crippen molar-refractivity contribution in [3.05, 3.63) is 29.8 Å². The molecular formula is C9H11NO3. The number of hydrogen-bond donors (Lipinski definition) is 1. The summed E-state index contributed by atoms with van der Waals surface area (Å²) < 4.78 is 9.55. The molecule has 0 heterocycles. The van der Waals surface area contributed by atoms with Crippen LogP contribution in [0, 0.1) is 0 Å². The van der Waals surface area contributed by atoms with Crippen molar-refractivity contribution < 1.29 is 14.3 Å². The first kappa shape index (κ1) is 9.70. The molecule has 1 aromatic carbocycles. The van der Waals surface area contributed by atoms with Crippen molar-refractivity contribution in [2.75, 3.05) is 7.11 Å². The molecule has 13 heavy (non-hydrogen) atoms. The van der Waals surface area contributed by atoms with Gasteiger partial charge in [-0.05, 0) is 17.7 Å². The molecule has 70 valence electrons. The van der Waals surface area contributed by atoms with Crippen LogP contribution in [-0.4, -0.2) is 13.6 Å². The highest BCUT2D eigenvalue weighted by atomic mass is 16.5. The molecule has 4 heteroatoms. The van der Waals surface area contributed by atoms with Crippen LogP contribution in [0.4, 0.5) is 0 Å². The number of rotatable bonds is 4. The Hall–Kier alpha value is -1.39. The molecule has 0 amide bonds. The molecule has 0 radical (unpaired) electrons. The average molecular weight is 181 g/mol. The van der Waals surface area contributed by atoms with Crippen molar-refractivity contribution in [2.24, 2.45) is 5.73 Å². The summed E-state index contributed by atoms with van der Waals surface area (Å²) >= 11 is 0. The maximum atomic E-state index is 10.0. The zero-order valence-corrected chi connectivity index (χ0v) is 7.27. The Morgan fingerprint density at radius 3 is 2.92 bits per heavy atom. The molecule has 0 aromatic heterocycles. The second-order valence-corrected chi connectivity index (χ2v) is 2.44. The first-order valence-electron chi connectivity index (χ1n) is 3.76. The van der Waals surface area contributed by atoms with E-state index in [0.717, 1.165) is 5.56 Å². The van der Waals surface area contributed by atoms with E-state index >= 15 is 0 Å². The minimum atomic E-state index is -0.491. The van der Waals surface area contributed by atoms with Crippen LogP contribution in [0.3, 0.4) is 0 Å². The van der Waals surface area contributed by atoms with Gasteiger partial charge in [0.05, 0.1) is 0 Å². The SMILES string of the molecule is COC(N)c1cccc(OC=O)c1. The standard InChI is InChI=1S/C9H11NO3/c1-12-9(10)7-3-2-4-8(5-7)13-6-11/h2-6,9H,10H2,1H3. The fourth-order valence-electron chi connectivity index (χ4n) is 0.956. The van der Waals surface area contributed by atoms with Crippen LogP contribution >= 0.6 is 0 Å². The topological polar surface area (TPSA) is 61.6 Å². The van der Waals surface area contributed by atoms with E-state index in [-0.39, 0.29) is 0 Å². The molecule has 0 aliphatic carbocycles. The van der Waals surface area contributed by atoms with E-state index in [9.17, 15) is 4.79 Å². The molecule has 0 saturated carbocycles. The monoisotopic (exact) mass is 181 g/mol. The molecule has 1 rings (SSSR count). The van der Waals surface area contributed by atoms with Crippen molar-refractivity contribution >= 4 is 6.47 Å². The Kier molecular flexibility index (Phi) is 3.42. The van der Waals surface area contributed by atoms with Gasteiger partial charge in [0.1, 0.15) is 12.0 Å². The zero-order valence-electron chi connectivity index (χ0n) is 7.27. The van der Waals surface area contributed by atoms with Gasteiger partial charge in [-0.2, -0.15) is 0 Å². The molecule has 0 fully saturated rings. The number of carbonyl (C=O) groups is 1. The molecular weight excluding hydrogens is 170 g/mol. The van der Waals surface area contributed by atoms with E-state index in [4.69, 9.17) is 10.5 Å². The molecule has 1 atom stereocenters. The molecule has 2 N–H and O–H groups in total. The summed E-state index contributed by atoms with van der Waals surface area (Å²) in [5, 5.41) is 0. The van der Waals surface area contributed by atoms with Crippen LogP contribution in [0.15, 0.2) is 24.3 Å². The third kappa shape index (κ3) is 2.54. The molecule has 4 nitrogen and oxygen atoms in total. The lowest BCUT2D eigenvalue weighted by atomic mass is 10.2. The van der Waals surface area contributed by atoms with Crippen LogP contribution in [0.2, 0.25) is 0 Å². The first-order chi connectivity index (χ1) is 6.27. The highest BCUT2D eigenvalue weighted by molar-refractivity contribution is 5.45. The Bertz CT molecular complexity index is 288. The van der Waals surface area contributed by atoms with E-state index in [1.54, 1.807) is 24.3 Å². The van der Waals surface area contributed by atoms with Crippen molar-refractivity contribution in [1.82, 2.24) is 0 Å². The third-order valence-electron chi connectivity index (χ3n) is 1.62. The lowest BCUT2D eigenvalue weighted by molar-refractivity contribution is -0.120. The van der Waals surface area contributed by atoms with E-state index in [1.807, 2.05) is 0 Å². The minimum Gasteiger partial charge on any atom is -0.429 e. The van der Waals surface area contributed by atoms with Gasteiger partial charge in [0.25, 0.3) is 6.47 Å². The normalized spacial score (nSPS) is 12.2. The van der Waals surface area contributed by atoms with Crippen molar-refractivity contribution in [2.45, 2.75) is 6.23 Å². The average Bonchev–Trinajstić information content (AvgIpc) is 2.18. The maximum Gasteiger partial charge on any atom is 0.298 e. The summed E-state index contributed by atoms with van der Waals surface area (Å²) in [7, 11) is 1.51. The highest BCUT2D eigenvalue weighted by Gasteiger charge is 2.04. The van der Waals surface area contributed by atoms with E-state index < -0.39 is 6.23 Å². The van der Waals surface area contributed by atoms with Gasteiger partial charge in [0, 0.05) is 7.11 Å². The summed E-state index contributed by atoms with van der Waals surface area (Å²) in [5.41, 5.74) is 6.36. The second-order valence-electron chi connectivity index (χ2n) is 2.44. The van der Waals surface area contributed by atoms with Gasteiger partial charge >= 0.3 is 0 Å². The summed E-state index contributed by atoms with van der Waals surface area (Å²) in [6.07, 6.45) is -0.491.